The Kier molecular flexibility index (Phi) is 4.90. The summed E-state index contributed by atoms with van der Waals surface area (Å²) in [4.78, 5) is 0. The Morgan fingerprint density at radius 3 is 2.38 bits per heavy atom. The van der Waals surface area contributed by atoms with E-state index in [2.05, 4.69) is 32.0 Å². The third kappa shape index (κ3) is 4.75. The van der Waals surface area contributed by atoms with Crippen LogP contribution in [-0.4, -0.2) is 14.7 Å². The molecular formula is C15H17BrN2O2S. The van der Waals surface area contributed by atoms with Gasteiger partial charge in [-0.2, -0.15) is 0 Å². The van der Waals surface area contributed by atoms with E-state index in [1.807, 2.05) is 31.2 Å². The van der Waals surface area contributed by atoms with Gasteiger partial charge in [-0.3, -0.25) is 4.72 Å². The van der Waals surface area contributed by atoms with Crippen molar-refractivity contribution in [1.82, 2.24) is 0 Å². The first-order valence-electron chi connectivity index (χ1n) is 6.41. The van der Waals surface area contributed by atoms with Crippen molar-refractivity contribution in [2.45, 2.75) is 13.5 Å². The van der Waals surface area contributed by atoms with Gasteiger partial charge in [0.15, 0.2) is 0 Å². The van der Waals surface area contributed by atoms with Gasteiger partial charge < -0.3 is 5.32 Å². The highest BCUT2D eigenvalue weighted by Gasteiger charge is 2.07. The number of aryl methyl sites for hydroxylation is 1. The SMILES string of the molecule is Cc1ccc(CNc2ccccc2NS(C)(=O)=O)c(Br)c1. The zero-order valence-corrected chi connectivity index (χ0v) is 14.3. The summed E-state index contributed by atoms with van der Waals surface area (Å²) >= 11 is 3.54. The summed E-state index contributed by atoms with van der Waals surface area (Å²) in [7, 11) is -3.30. The number of hydrogen-bond donors (Lipinski definition) is 2. The Morgan fingerprint density at radius 1 is 1.10 bits per heavy atom. The van der Waals surface area contributed by atoms with Gasteiger partial charge in [-0.25, -0.2) is 8.42 Å². The number of anilines is 2. The number of nitrogens with one attached hydrogen (secondary N) is 2. The lowest BCUT2D eigenvalue weighted by Gasteiger charge is -2.13. The maximum Gasteiger partial charge on any atom is 0.229 e. The van der Waals surface area contributed by atoms with Gasteiger partial charge in [0.05, 0.1) is 17.6 Å². The number of sulfonamides is 1. The fourth-order valence-corrected chi connectivity index (χ4v) is 3.12. The van der Waals surface area contributed by atoms with Crippen LogP contribution >= 0.6 is 15.9 Å². The number of hydrogen-bond acceptors (Lipinski definition) is 3. The summed E-state index contributed by atoms with van der Waals surface area (Å²) in [6, 6.07) is 13.4. The van der Waals surface area contributed by atoms with Crippen molar-refractivity contribution < 1.29 is 8.42 Å². The molecule has 0 radical (unpaired) electrons. The molecule has 112 valence electrons. The van der Waals surface area contributed by atoms with Crippen LogP contribution in [0.4, 0.5) is 11.4 Å². The van der Waals surface area contributed by atoms with Crippen LogP contribution in [0.25, 0.3) is 0 Å². The molecule has 2 aromatic rings. The first-order chi connectivity index (χ1) is 9.85. The van der Waals surface area contributed by atoms with Crippen LogP contribution in [0.2, 0.25) is 0 Å². The minimum atomic E-state index is -3.30. The average molecular weight is 369 g/mol. The molecule has 6 heteroatoms. The molecule has 0 aromatic heterocycles. The molecule has 0 aliphatic rings. The molecule has 0 saturated carbocycles. The van der Waals surface area contributed by atoms with Gasteiger partial charge in [-0.15, -0.1) is 0 Å². The normalized spacial score (nSPS) is 11.2. The van der Waals surface area contributed by atoms with Crippen LogP contribution < -0.4 is 10.0 Å². The van der Waals surface area contributed by atoms with Gasteiger partial charge in [-0.05, 0) is 36.2 Å². The molecule has 0 bridgehead atoms. The van der Waals surface area contributed by atoms with E-state index in [1.54, 1.807) is 12.1 Å². The average Bonchev–Trinajstić information content (AvgIpc) is 2.37. The van der Waals surface area contributed by atoms with Crippen LogP contribution in [0.5, 0.6) is 0 Å². The maximum absolute atomic E-state index is 11.4. The van der Waals surface area contributed by atoms with Crippen LogP contribution in [0.3, 0.4) is 0 Å². The van der Waals surface area contributed by atoms with Gasteiger partial charge >= 0.3 is 0 Å². The lowest BCUT2D eigenvalue weighted by Crippen LogP contribution is -2.12. The van der Waals surface area contributed by atoms with E-state index < -0.39 is 10.0 Å². The molecule has 4 nitrogen and oxygen atoms in total. The van der Waals surface area contributed by atoms with E-state index in [0.29, 0.717) is 12.2 Å². The number of halogens is 1. The minimum Gasteiger partial charge on any atom is -0.379 e. The Balaban J connectivity index is 2.16. The Bertz CT molecular complexity index is 745. The minimum absolute atomic E-state index is 0.545. The molecule has 0 amide bonds. The van der Waals surface area contributed by atoms with Gasteiger partial charge in [0, 0.05) is 11.0 Å². The van der Waals surface area contributed by atoms with E-state index in [0.717, 1.165) is 22.0 Å². The molecular weight excluding hydrogens is 352 g/mol. The van der Waals surface area contributed by atoms with Crippen LogP contribution in [-0.2, 0) is 16.6 Å². The van der Waals surface area contributed by atoms with Crippen molar-refractivity contribution in [2.24, 2.45) is 0 Å². The quantitative estimate of drug-likeness (QED) is 0.844. The molecule has 2 aromatic carbocycles. The third-order valence-corrected chi connectivity index (χ3v) is 4.23. The lowest BCUT2D eigenvalue weighted by molar-refractivity contribution is 0.607. The number of rotatable bonds is 5. The molecule has 2 N–H and O–H groups in total. The summed E-state index contributed by atoms with van der Waals surface area (Å²) in [5.74, 6) is 0. The fraction of sp³-hybridized carbons (Fsp3) is 0.200. The van der Waals surface area contributed by atoms with Crippen molar-refractivity contribution >= 4 is 37.3 Å². The number of para-hydroxylation sites is 2. The van der Waals surface area contributed by atoms with E-state index in [9.17, 15) is 8.42 Å². The Morgan fingerprint density at radius 2 is 1.76 bits per heavy atom. The molecule has 0 aliphatic carbocycles. The van der Waals surface area contributed by atoms with Crippen molar-refractivity contribution in [2.75, 3.05) is 16.3 Å². The zero-order valence-electron chi connectivity index (χ0n) is 11.9. The van der Waals surface area contributed by atoms with Gasteiger partial charge in [-0.1, -0.05) is 40.2 Å². The molecule has 0 spiro atoms. The molecule has 0 unspecified atom stereocenters. The van der Waals surface area contributed by atoms with E-state index >= 15 is 0 Å². The molecule has 0 saturated heterocycles. The summed E-state index contributed by atoms with van der Waals surface area (Å²) in [6.45, 7) is 2.64. The fourth-order valence-electron chi connectivity index (χ4n) is 1.91. The van der Waals surface area contributed by atoms with Gasteiger partial charge in [0.2, 0.25) is 10.0 Å². The molecule has 2 rings (SSSR count). The number of benzene rings is 2. The molecule has 0 heterocycles. The Hall–Kier alpha value is -1.53. The molecule has 0 fully saturated rings. The second-order valence-electron chi connectivity index (χ2n) is 4.87. The summed E-state index contributed by atoms with van der Waals surface area (Å²) < 4.78 is 26.3. The Labute approximate surface area is 133 Å². The highest BCUT2D eigenvalue weighted by atomic mass is 79.9. The molecule has 0 atom stereocenters. The molecule has 21 heavy (non-hydrogen) atoms. The van der Waals surface area contributed by atoms with Crippen molar-refractivity contribution in [3.05, 3.63) is 58.1 Å². The lowest BCUT2D eigenvalue weighted by atomic mass is 10.1. The van der Waals surface area contributed by atoms with E-state index in [4.69, 9.17) is 0 Å². The molecule has 0 aliphatic heterocycles. The predicted octanol–water partition coefficient (Wildman–Crippen LogP) is 3.74. The van der Waals surface area contributed by atoms with E-state index in [1.165, 1.54) is 5.56 Å². The van der Waals surface area contributed by atoms with Crippen molar-refractivity contribution in [3.8, 4) is 0 Å². The second kappa shape index (κ2) is 6.49. The van der Waals surface area contributed by atoms with Crippen molar-refractivity contribution in [1.29, 1.82) is 0 Å². The van der Waals surface area contributed by atoms with Gasteiger partial charge in [0.25, 0.3) is 0 Å². The highest BCUT2D eigenvalue weighted by molar-refractivity contribution is 9.10. The second-order valence-corrected chi connectivity index (χ2v) is 7.47. The first kappa shape index (κ1) is 15.9. The van der Waals surface area contributed by atoms with Crippen LogP contribution in [0, 0.1) is 6.92 Å². The van der Waals surface area contributed by atoms with E-state index in [-0.39, 0.29) is 0 Å². The monoisotopic (exact) mass is 368 g/mol. The summed E-state index contributed by atoms with van der Waals surface area (Å²) in [5, 5.41) is 3.26. The van der Waals surface area contributed by atoms with Gasteiger partial charge in [0.1, 0.15) is 0 Å². The first-order valence-corrected chi connectivity index (χ1v) is 9.09. The summed E-state index contributed by atoms with van der Waals surface area (Å²) in [5.41, 5.74) is 3.58. The standard InChI is InChI=1S/C15H17BrN2O2S/c1-11-7-8-12(13(16)9-11)10-17-14-5-3-4-6-15(14)18-21(2,19)20/h3-9,17-18H,10H2,1-2H3. The third-order valence-electron chi connectivity index (χ3n) is 2.90. The topological polar surface area (TPSA) is 58.2 Å². The van der Waals surface area contributed by atoms with Crippen LogP contribution in [0.15, 0.2) is 46.9 Å². The van der Waals surface area contributed by atoms with Crippen molar-refractivity contribution in [3.63, 3.8) is 0 Å². The van der Waals surface area contributed by atoms with Crippen LogP contribution in [0.1, 0.15) is 11.1 Å². The summed E-state index contributed by atoms with van der Waals surface area (Å²) in [6.07, 6.45) is 1.14. The zero-order chi connectivity index (χ0) is 15.5. The smallest absolute Gasteiger partial charge is 0.229 e. The predicted molar refractivity (Wildman–Crippen MR) is 91.1 cm³/mol. The largest absolute Gasteiger partial charge is 0.379 e. The maximum atomic E-state index is 11.4. The highest BCUT2D eigenvalue weighted by Crippen LogP contribution is 2.24.